The van der Waals surface area contributed by atoms with Crippen LogP contribution in [0.5, 0.6) is 0 Å². The van der Waals surface area contributed by atoms with E-state index in [9.17, 15) is 0 Å². The first-order valence-corrected chi connectivity index (χ1v) is 9.30. The van der Waals surface area contributed by atoms with Gasteiger partial charge < -0.3 is 4.57 Å². The minimum Gasteiger partial charge on any atom is -0.306 e. The third-order valence-corrected chi connectivity index (χ3v) is 5.46. The van der Waals surface area contributed by atoms with Crippen molar-refractivity contribution in [2.75, 3.05) is 0 Å². The summed E-state index contributed by atoms with van der Waals surface area (Å²) in [5, 5.41) is 4.40. The largest absolute Gasteiger partial charge is 0.306 e. The van der Waals surface area contributed by atoms with Crippen molar-refractivity contribution in [2.45, 2.75) is 6.42 Å². The summed E-state index contributed by atoms with van der Waals surface area (Å²) in [6.45, 7) is 0. The molecule has 0 saturated carbocycles. The van der Waals surface area contributed by atoms with E-state index in [1.807, 2.05) is 29.0 Å². The number of hydrogen-bond donors (Lipinski definition) is 0. The molecule has 0 bridgehead atoms. The summed E-state index contributed by atoms with van der Waals surface area (Å²) >= 11 is 14.1. The number of benzene rings is 2. The lowest BCUT2D eigenvalue weighted by molar-refractivity contribution is 1.06. The van der Waals surface area contributed by atoms with Gasteiger partial charge in [0.05, 0.1) is 17.0 Å². The highest BCUT2D eigenvalue weighted by atomic mass is 35.5. The van der Waals surface area contributed by atoms with Crippen LogP contribution in [0, 0.1) is 0 Å². The Hall–Kier alpha value is -2.14. The van der Waals surface area contributed by atoms with E-state index in [1.165, 1.54) is 0 Å². The number of nitrogens with zero attached hydrogens (tertiary/aromatic N) is 3. The fourth-order valence-electron chi connectivity index (χ4n) is 2.59. The average molecular weight is 386 g/mol. The van der Waals surface area contributed by atoms with Crippen LogP contribution >= 0.6 is 34.5 Å². The van der Waals surface area contributed by atoms with Crippen LogP contribution in [0.25, 0.3) is 16.9 Å². The molecule has 2 aromatic heterocycles. The Labute approximate surface area is 159 Å². The van der Waals surface area contributed by atoms with Crippen molar-refractivity contribution in [1.29, 1.82) is 0 Å². The van der Waals surface area contributed by atoms with Crippen molar-refractivity contribution in [3.05, 3.63) is 87.2 Å². The quantitative estimate of drug-likeness (QED) is 0.438. The molecule has 2 heterocycles. The van der Waals surface area contributed by atoms with E-state index in [0.717, 1.165) is 27.5 Å². The van der Waals surface area contributed by atoms with Crippen molar-refractivity contribution >= 4 is 34.5 Å². The number of imidazole rings is 1. The molecule has 0 unspecified atom stereocenters. The van der Waals surface area contributed by atoms with Gasteiger partial charge in [0.15, 0.2) is 0 Å². The van der Waals surface area contributed by atoms with Gasteiger partial charge in [-0.3, -0.25) is 0 Å². The van der Waals surface area contributed by atoms with Crippen molar-refractivity contribution in [3.8, 4) is 16.9 Å². The lowest BCUT2D eigenvalue weighted by atomic mass is 10.1. The van der Waals surface area contributed by atoms with Gasteiger partial charge in [-0.1, -0.05) is 41.4 Å². The van der Waals surface area contributed by atoms with Gasteiger partial charge in [-0.15, -0.1) is 11.3 Å². The normalized spacial score (nSPS) is 11.0. The van der Waals surface area contributed by atoms with E-state index in [-0.39, 0.29) is 0 Å². The maximum absolute atomic E-state index is 6.25. The first-order chi connectivity index (χ1) is 12.2. The summed E-state index contributed by atoms with van der Waals surface area (Å²) in [6.07, 6.45) is 6.10. The van der Waals surface area contributed by atoms with Gasteiger partial charge in [-0.05, 0) is 29.8 Å². The number of thiazole rings is 1. The molecule has 0 saturated heterocycles. The first-order valence-electron chi connectivity index (χ1n) is 7.67. The molecular formula is C19H13Cl2N3S. The average Bonchev–Trinajstić information content (AvgIpc) is 3.30. The molecule has 6 heteroatoms. The Morgan fingerprint density at radius 2 is 1.76 bits per heavy atom. The van der Waals surface area contributed by atoms with E-state index in [2.05, 4.69) is 34.6 Å². The molecule has 0 aliphatic rings. The molecule has 4 aromatic rings. The minimum absolute atomic E-state index is 0.635. The zero-order valence-electron chi connectivity index (χ0n) is 13.1. The van der Waals surface area contributed by atoms with E-state index < -0.39 is 0 Å². The summed E-state index contributed by atoms with van der Waals surface area (Å²) in [7, 11) is 0. The van der Waals surface area contributed by atoms with E-state index in [4.69, 9.17) is 28.2 Å². The third-order valence-electron chi connectivity index (χ3n) is 3.91. The van der Waals surface area contributed by atoms with Crippen molar-refractivity contribution in [3.63, 3.8) is 0 Å². The molecule has 0 spiro atoms. The second-order valence-corrected chi connectivity index (χ2v) is 7.28. The predicted octanol–water partition coefficient (Wildman–Crippen LogP) is 5.89. The summed E-state index contributed by atoms with van der Waals surface area (Å²) in [5.74, 6) is 0. The molecule has 4 rings (SSSR count). The van der Waals surface area contributed by atoms with Crippen molar-refractivity contribution in [2.24, 2.45) is 0 Å². The maximum atomic E-state index is 6.25. The smallest absolute Gasteiger partial charge is 0.0991 e. The van der Waals surface area contributed by atoms with Crippen LogP contribution < -0.4 is 0 Å². The molecule has 25 heavy (non-hydrogen) atoms. The Bertz CT molecular complexity index is 972. The van der Waals surface area contributed by atoms with Gasteiger partial charge in [0, 0.05) is 45.5 Å². The Kier molecular flexibility index (Phi) is 4.57. The molecule has 0 atom stereocenters. The van der Waals surface area contributed by atoms with E-state index >= 15 is 0 Å². The van der Waals surface area contributed by atoms with Crippen molar-refractivity contribution < 1.29 is 0 Å². The highest BCUT2D eigenvalue weighted by Gasteiger charge is 2.10. The number of hydrogen-bond acceptors (Lipinski definition) is 3. The first kappa shape index (κ1) is 16.3. The standard InChI is InChI=1S/C19H13Cl2N3S/c20-16-2-1-3-17(21)15(16)10-19-23-18(11-25-19)13-4-6-14(7-5-13)24-9-8-22-12-24/h1-9,11-12H,10H2. The van der Waals surface area contributed by atoms with Gasteiger partial charge in [0.1, 0.15) is 0 Å². The summed E-state index contributed by atoms with van der Waals surface area (Å²) < 4.78 is 1.97. The molecule has 3 nitrogen and oxygen atoms in total. The number of aromatic nitrogens is 3. The van der Waals surface area contributed by atoms with E-state index in [1.54, 1.807) is 23.9 Å². The zero-order valence-corrected chi connectivity index (χ0v) is 15.4. The SMILES string of the molecule is Clc1cccc(Cl)c1Cc1nc(-c2ccc(-n3ccnc3)cc2)cs1. The van der Waals surface area contributed by atoms with Crippen LogP contribution in [0.2, 0.25) is 10.0 Å². The van der Waals surface area contributed by atoms with Crippen LogP contribution in [0.1, 0.15) is 10.6 Å². The van der Waals surface area contributed by atoms with Crippen LogP contribution in [-0.2, 0) is 6.42 Å². The zero-order chi connectivity index (χ0) is 17.2. The molecule has 0 N–H and O–H groups in total. The molecule has 0 radical (unpaired) electrons. The van der Waals surface area contributed by atoms with Gasteiger partial charge >= 0.3 is 0 Å². The van der Waals surface area contributed by atoms with Gasteiger partial charge in [0.25, 0.3) is 0 Å². The van der Waals surface area contributed by atoms with Crippen molar-refractivity contribution in [1.82, 2.24) is 14.5 Å². The molecule has 0 aliphatic carbocycles. The maximum Gasteiger partial charge on any atom is 0.0991 e. The fraction of sp³-hybridized carbons (Fsp3) is 0.0526. The second kappa shape index (κ2) is 7.00. The Morgan fingerprint density at radius 3 is 2.44 bits per heavy atom. The topological polar surface area (TPSA) is 30.7 Å². The summed E-state index contributed by atoms with van der Waals surface area (Å²) in [5.41, 5.74) is 4.03. The molecule has 0 amide bonds. The number of halogens is 2. The van der Waals surface area contributed by atoms with Crippen LogP contribution in [-0.4, -0.2) is 14.5 Å². The highest BCUT2D eigenvalue weighted by molar-refractivity contribution is 7.10. The van der Waals surface area contributed by atoms with E-state index in [0.29, 0.717) is 16.5 Å². The predicted molar refractivity (Wildman–Crippen MR) is 104 cm³/mol. The molecular weight excluding hydrogens is 373 g/mol. The summed E-state index contributed by atoms with van der Waals surface area (Å²) in [6, 6.07) is 13.8. The Balaban J connectivity index is 1.57. The van der Waals surface area contributed by atoms with Gasteiger partial charge in [0.2, 0.25) is 0 Å². The lowest BCUT2D eigenvalue weighted by Gasteiger charge is -2.04. The molecule has 124 valence electrons. The van der Waals surface area contributed by atoms with Crippen LogP contribution in [0.3, 0.4) is 0 Å². The van der Waals surface area contributed by atoms with Gasteiger partial charge in [-0.25, -0.2) is 9.97 Å². The number of rotatable bonds is 4. The van der Waals surface area contributed by atoms with Gasteiger partial charge in [-0.2, -0.15) is 0 Å². The summed E-state index contributed by atoms with van der Waals surface area (Å²) in [4.78, 5) is 8.80. The third kappa shape index (κ3) is 3.47. The minimum atomic E-state index is 0.635. The molecule has 0 fully saturated rings. The second-order valence-electron chi connectivity index (χ2n) is 5.52. The van der Waals surface area contributed by atoms with Crippen LogP contribution in [0.15, 0.2) is 66.6 Å². The highest BCUT2D eigenvalue weighted by Crippen LogP contribution is 2.30. The monoisotopic (exact) mass is 385 g/mol. The lowest BCUT2D eigenvalue weighted by Crippen LogP contribution is -1.91. The van der Waals surface area contributed by atoms with Crippen LogP contribution in [0.4, 0.5) is 0 Å². The Morgan fingerprint density at radius 1 is 1.00 bits per heavy atom. The molecule has 2 aromatic carbocycles. The fourth-order valence-corrected chi connectivity index (χ4v) is 3.94. The molecule has 0 aliphatic heterocycles.